The minimum atomic E-state index is -0.413. The van der Waals surface area contributed by atoms with Crippen molar-refractivity contribution >= 4 is 17.3 Å². The number of hydrogen-bond acceptors (Lipinski definition) is 4. The molecule has 0 radical (unpaired) electrons. The van der Waals surface area contributed by atoms with Crippen LogP contribution in [0.5, 0.6) is 0 Å². The van der Waals surface area contributed by atoms with Crippen LogP contribution in [0, 0.1) is 10.1 Å². The maximum Gasteiger partial charge on any atom is 0.269 e. The van der Waals surface area contributed by atoms with E-state index in [1.165, 1.54) is 12.1 Å². The van der Waals surface area contributed by atoms with Crippen LogP contribution in [0.1, 0.15) is 25.3 Å². The Morgan fingerprint density at radius 2 is 2.42 bits per heavy atom. The van der Waals surface area contributed by atoms with Crippen molar-refractivity contribution < 1.29 is 9.66 Å². The van der Waals surface area contributed by atoms with Gasteiger partial charge in [0.15, 0.2) is 0 Å². The molecule has 1 saturated heterocycles. The molecular weight excluding hydrogens is 268 g/mol. The number of nitro groups is 1. The molecular formula is C13H17ClN2O3. The minimum Gasteiger partial charge on any atom is -0.377 e. The molecule has 1 aliphatic rings. The van der Waals surface area contributed by atoms with Crippen molar-refractivity contribution in [1.29, 1.82) is 0 Å². The van der Waals surface area contributed by atoms with Crippen LogP contribution in [0.2, 0.25) is 5.02 Å². The van der Waals surface area contributed by atoms with Gasteiger partial charge in [-0.3, -0.25) is 10.1 Å². The van der Waals surface area contributed by atoms with Crippen molar-refractivity contribution in [2.75, 3.05) is 6.61 Å². The maximum absolute atomic E-state index is 10.7. The van der Waals surface area contributed by atoms with Gasteiger partial charge in [0.1, 0.15) is 0 Å². The molecule has 6 heteroatoms. The van der Waals surface area contributed by atoms with Crippen LogP contribution in [-0.2, 0) is 11.3 Å². The maximum atomic E-state index is 10.7. The molecule has 2 atom stereocenters. The summed E-state index contributed by atoms with van der Waals surface area (Å²) in [5.41, 5.74) is 0.798. The van der Waals surface area contributed by atoms with Gasteiger partial charge < -0.3 is 10.1 Å². The third-order valence-corrected chi connectivity index (χ3v) is 3.75. The fourth-order valence-corrected chi connectivity index (χ4v) is 2.39. The molecule has 104 valence electrons. The number of nitrogens with one attached hydrogen (secondary N) is 1. The highest BCUT2D eigenvalue weighted by molar-refractivity contribution is 6.31. The summed E-state index contributed by atoms with van der Waals surface area (Å²) in [4.78, 5) is 10.3. The topological polar surface area (TPSA) is 64.4 Å². The molecule has 1 N–H and O–H groups in total. The van der Waals surface area contributed by atoms with E-state index < -0.39 is 4.92 Å². The molecule has 2 rings (SSSR count). The lowest BCUT2D eigenvalue weighted by molar-refractivity contribution is -0.384. The first-order chi connectivity index (χ1) is 9.08. The smallest absolute Gasteiger partial charge is 0.269 e. The van der Waals surface area contributed by atoms with Gasteiger partial charge in [0.05, 0.1) is 11.0 Å². The van der Waals surface area contributed by atoms with E-state index in [2.05, 4.69) is 12.2 Å². The summed E-state index contributed by atoms with van der Waals surface area (Å²) >= 11 is 6.05. The highest BCUT2D eigenvalue weighted by Gasteiger charge is 2.22. The van der Waals surface area contributed by atoms with Crippen LogP contribution in [0.25, 0.3) is 0 Å². The number of nitro benzene ring substituents is 1. The summed E-state index contributed by atoms with van der Waals surface area (Å²) < 4.78 is 5.59. The van der Waals surface area contributed by atoms with Crippen LogP contribution in [0.3, 0.4) is 0 Å². The van der Waals surface area contributed by atoms with Crippen LogP contribution in [0.15, 0.2) is 18.2 Å². The second kappa shape index (κ2) is 6.32. The Morgan fingerprint density at radius 1 is 1.63 bits per heavy atom. The summed E-state index contributed by atoms with van der Waals surface area (Å²) in [6.45, 7) is 3.37. The van der Waals surface area contributed by atoms with Crippen molar-refractivity contribution in [2.24, 2.45) is 0 Å². The molecule has 19 heavy (non-hydrogen) atoms. The third kappa shape index (κ3) is 3.65. The largest absolute Gasteiger partial charge is 0.377 e. The van der Waals surface area contributed by atoms with Crippen molar-refractivity contribution in [3.63, 3.8) is 0 Å². The molecule has 1 aromatic rings. The first kappa shape index (κ1) is 14.2. The average Bonchev–Trinajstić information content (AvgIpc) is 2.91. The molecule has 0 spiro atoms. The molecule has 5 nitrogen and oxygen atoms in total. The van der Waals surface area contributed by atoms with Crippen LogP contribution in [-0.4, -0.2) is 23.7 Å². The zero-order valence-electron chi connectivity index (χ0n) is 10.8. The lowest BCUT2D eigenvalue weighted by Crippen LogP contribution is -2.36. The monoisotopic (exact) mass is 284 g/mol. The second-order valence-electron chi connectivity index (χ2n) is 4.75. The average molecular weight is 285 g/mol. The lowest BCUT2D eigenvalue weighted by Gasteiger charge is -2.20. The van der Waals surface area contributed by atoms with Gasteiger partial charge in [-0.2, -0.15) is 0 Å². The van der Waals surface area contributed by atoms with E-state index in [4.69, 9.17) is 16.3 Å². The first-order valence-electron chi connectivity index (χ1n) is 6.35. The molecule has 0 amide bonds. The van der Waals surface area contributed by atoms with Crippen molar-refractivity contribution in [2.45, 2.75) is 38.5 Å². The molecule has 2 unspecified atom stereocenters. The van der Waals surface area contributed by atoms with E-state index in [-0.39, 0.29) is 17.8 Å². The zero-order valence-corrected chi connectivity index (χ0v) is 11.5. The SMILES string of the molecule is CC(NCc1cc([N+](=O)[O-])ccc1Cl)C1CCCO1. The summed E-state index contributed by atoms with van der Waals surface area (Å²) in [6, 6.07) is 4.69. The first-order valence-corrected chi connectivity index (χ1v) is 6.73. The molecule has 0 saturated carbocycles. The normalized spacial score (nSPS) is 20.4. The molecule has 0 bridgehead atoms. The van der Waals surface area contributed by atoms with E-state index in [0.717, 1.165) is 25.0 Å². The van der Waals surface area contributed by atoms with E-state index in [0.29, 0.717) is 11.6 Å². The van der Waals surface area contributed by atoms with Gasteiger partial charge in [0, 0.05) is 36.3 Å². The summed E-state index contributed by atoms with van der Waals surface area (Å²) in [7, 11) is 0. The number of ether oxygens (including phenoxy) is 1. The number of hydrogen-bond donors (Lipinski definition) is 1. The Labute approximate surface area is 117 Å². The predicted octanol–water partition coefficient (Wildman–Crippen LogP) is 2.91. The van der Waals surface area contributed by atoms with E-state index in [1.54, 1.807) is 6.07 Å². The highest BCUT2D eigenvalue weighted by atomic mass is 35.5. The lowest BCUT2D eigenvalue weighted by atomic mass is 10.1. The van der Waals surface area contributed by atoms with Gasteiger partial charge >= 0.3 is 0 Å². The predicted molar refractivity (Wildman–Crippen MR) is 73.4 cm³/mol. The number of rotatable bonds is 5. The van der Waals surface area contributed by atoms with Crippen LogP contribution >= 0.6 is 11.6 Å². The Balaban J connectivity index is 1.98. The molecule has 1 fully saturated rings. The van der Waals surface area contributed by atoms with Gasteiger partial charge in [-0.25, -0.2) is 0 Å². The van der Waals surface area contributed by atoms with Gasteiger partial charge in [0.25, 0.3) is 5.69 Å². The van der Waals surface area contributed by atoms with Crippen molar-refractivity contribution in [3.8, 4) is 0 Å². The Bertz CT molecular complexity index is 461. The second-order valence-corrected chi connectivity index (χ2v) is 5.16. The summed E-state index contributed by atoms with van der Waals surface area (Å²) in [6.07, 6.45) is 2.36. The quantitative estimate of drug-likeness (QED) is 0.667. The molecule has 1 aliphatic heterocycles. The van der Waals surface area contributed by atoms with E-state index >= 15 is 0 Å². The summed E-state index contributed by atoms with van der Waals surface area (Å²) in [5, 5.41) is 14.6. The fourth-order valence-electron chi connectivity index (χ4n) is 2.21. The fraction of sp³-hybridized carbons (Fsp3) is 0.538. The van der Waals surface area contributed by atoms with Gasteiger partial charge in [-0.15, -0.1) is 0 Å². The highest BCUT2D eigenvalue weighted by Crippen LogP contribution is 2.22. The minimum absolute atomic E-state index is 0.0611. The Hall–Kier alpha value is -1.17. The number of nitrogens with zero attached hydrogens (tertiary/aromatic N) is 1. The van der Waals surface area contributed by atoms with Gasteiger partial charge in [-0.05, 0) is 31.4 Å². The van der Waals surface area contributed by atoms with Crippen molar-refractivity contribution in [3.05, 3.63) is 38.9 Å². The van der Waals surface area contributed by atoms with Crippen molar-refractivity contribution in [1.82, 2.24) is 5.32 Å². The summed E-state index contributed by atoms with van der Waals surface area (Å²) in [5.74, 6) is 0. The Morgan fingerprint density at radius 3 is 3.05 bits per heavy atom. The Kier molecular flexibility index (Phi) is 4.74. The number of benzene rings is 1. The standard InChI is InChI=1S/C13H17ClN2O3/c1-9(13-3-2-6-19-13)15-8-10-7-11(16(17)18)4-5-12(10)14/h4-5,7,9,13,15H,2-3,6,8H2,1H3. The van der Waals surface area contributed by atoms with E-state index in [9.17, 15) is 10.1 Å². The number of non-ortho nitro benzene ring substituents is 1. The van der Waals surface area contributed by atoms with E-state index in [1.807, 2.05) is 0 Å². The third-order valence-electron chi connectivity index (χ3n) is 3.38. The van der Waals surface area contributed by atoms with Gasteiger partial charge in [-0.1, -0.05) is 11.6 Å². The molecule has 0 aromatic heterocycles. The number of halogens is 1. The molecule has 0 aliphatic carbocycles. The van der Waals surface area contributed by atoms with Crippen LogP contribution in [0.4, 0.5) is 5.69 Å². The van der Waals surface area contributed by atoms with Gasteiger partial charge in [0.2, 0.25) is 0 Å². The zero-order chi connectivity index (χ0) is 13.8. The van der Waals surface area contributed by atoms with Crippen LogP contribution < -0.4 is 5.32 Å². The molecule has 1 aromatic carbocycles. The molecule has 1 heterocycles.